The van der Waals surface area contributed by atoms with Gasteiger partial charge in [-0.25, -0.2) is 4.79 Å². The second-order valence-corrected chi connectivity index (χ2v) is 9.49. The van der Waals surface area contributed by atoms with E-state index in [4.69, 9.17) is 17.3 Å². The zero-order valence-electron chi connectivity index (χ0n) is 21.2. The van der Waals surface area contributed by atoms with Gasteiger partial charge in [0.2, 0.25) is 11.8 Å². The van der Waals surface area contributed by atoms with Crippen LogP contribution >= 0.6 is 11.6 Å². The maximum absolute atomic E-state index is 13.2. The number of carbonyl (C=O) groups is 4. The molecular weight excluding hydrogens is 468 g/mol. The van der Waals surface area contributed by atoms with Crippen molar-refractivity contribution in [1.29, 1.82) is 0 Å². The lowest BCUT2D eigenvalue weighted by atomic mass is 9.89. The van der Waals surface area contributed by atoms with Gasteiger partial charge in [-0.15, -0.1) is 11.6 Å². The van der Waals surface area contributed by atoms with E-state index in [2.05, 4.69) is 22.9 Å². The van der Waals surface area contributed by atoms with Crippen LogP contribution in [0.5, 0.6) is 0 Å². The van der Waals surface area contributed by atoms with Crippen molar-refractivity contribution in [2.45, 2.75) is 84.1 Å². The molecule has 35 heavy (non-hydrogen) atoms. The van der Waals surface area contributed by atoms with Crippen LogP contribution in [0.25, 0.3) is 0 Å². The van der Waals surface area contributed by atoms with Crippen molar-refractivity contribution in [3.8, 4) is 0 Å². The van der Waals surface area contributed by atoms with Crippen molar-refractivity contribution in [2.75, 3.05) is 11.9 Å². The summed E-state index contributed by atoms with van der Waals surface area (Å²) in [6.45, 7) is 6.17. The zero-order chi connectivity index (χ0) is 26.2. The van der Waals surface area contributed by atoms with Crippen LogP contribution in [0.2, 0.25) is 0 Å². The van der Waals surface area contributed by atoms with E-state index in [9.17, 15) is 19.2 Å². The molecule has 0 aliphatic rings. The van der Waals surface area contributed by atoms with Crippen LogP contribution in [-0.2, 0) is 20.3 Å². The molecule has 0 radical (unpaired) electrons. The number of halogens is 1. The summed E-state index contributed by atoms with van der Waals surface area (Å²) in [5, 5.41) is 8.24. The minimum atomic E-state index is -0.657. The van der Waals surface area contributed by atoms with E-state index < -0.39 is 18.0 Å². The maximum Gasteiger partial charge on any atom is 0.312 e. The summed E-state index contributed by atoms with van der Waals surface area (Å²) in [5.41, 5.74) is 6.65. The number of anilines is 1. The number of benzene rings is 1. The van der Waals surface area contributed by atoms with Crippen LogP contribution in [0.3, 0.4) is 0 Å². The maximum atomic E-state index is 13.2. The highest BCUT2D eigenvalue weighted by molar-refractivity contribution is 6.17. The minimum absolute atomic E-state index is 0.0128. The van der Waals surface area contributed by atoms with E-state index in [0.29, 0.717) is 37.4 Å². The molecule has 0 saturated carbocycles. The van der Waals surface area contributed by atoms with E-state index in [0.717, 1.165) is 31.2 Å². The number of rotatable bonds is 17. The van der Waals surface area contributed by atoms with Crippen molar-refractivity contribution in [3.63, 3.8) is 0 Å². The van der Waals surface area contributed by atoms with E-state index in [1.54, 1.807) is 12.1 Å². The number of unbranched alkanes of at least 4 members (excludes halogenated alkanes) is 3. The minimum Gasteiger partial charge on any atom is -0.352 e. The quantitative estimate of drug-likeness (QED) is 0.182. The Morgan fingerprint density at radius 2 is 1.69 bits per heavy atom. The summed E-state index contributed by atoms with van der Waals surface area (Å²) in [6.07, 6.45) is 5.18. The average Bonchev–Trinajstić information content (AvgIpc) is 2.82. The zero-order valence-corrected chi connectivity index (χ0v) is 22.0. The lowest BCUT2D eigenvalue weighted by molar-refractivity contribution is -0.131. The van der Waals surface area contributed by atoms with Crippen molar-refractivity contribution in [2.24, 2.45) is 17.6 Å². The molecule has 0 spiro atoms. The number of nitrogens with two attached hydrogens (primary N) is 1. The first-order valence-electron chi connectivity index (χ1n) is 12.5. The molecule has 9 heteroatoms. The normalized spacial score (nSPS) is 12.6. The Morgan fingerprint density at radius 1 is 1.00 bits per heavy atom. The molecule has 0 bridgehead atoms. The lowest BCUT2D eigenvalue weighted by Crippen LogP contribution is -2.45. The van der Waals surface area contributed by atoms with Gasteiger partial charge in [-0.2, -0.15) is 0 Å². The smallest absolute Gasteiger partial charge is 0.312 e. The highest BCUT2D eigenvalue weighted by Gasteiger charge is 2.29. The largest absolute Gasteiger partial charge is 0.352 e. The number of primary amides is 1. The van der Waals surface area contributed by atoms with Gasteiger partial charge in [0, 0.05) is 36.9 Å². The number of carbonyl (C=O) groups excluding carboxylic acids is 4. The molecule has 8 nitrogen and oxygen atoms in total. The van der Waals surface area contributed by atoms with E-state index in [1.807, 2.05) is 26.0 Å². The molecule has 0 aliphatic carbocycles. The van der Waals surface area contributed by atoms with Gasteiger partial charge in [-0.3, -0.25) is 14.4 Å². The molecule has 5 N–H and O–H groups in total. The molecule has 196 valence electrons. The fraction of sp³-hybridized carbons (Fsp3) is 0.615. The molecule has 0 aliphatic heterocycles. The number of ketones is 1. The Balaban J connectivity index is 2.84. The Kier molecular flexibility index (Phi) is 14.7. The second-order valence-electron chi connectivity index (χ2n) is 9.22. The topological polar surface area (TPSA) is 130 Å². The Labute approximate surface area is 214 Å². The van der Waals surface area contributed by atoms with E-state index in [-0.39, 0.29) is 29.9 Å². The molecule has 0 fully saturated rings. The molecule has 0 aromatic heterocycles. The van der Waals surface area contributed by atoms with Gasteiger partial charge < -0.3 is 21.7 Å². The molecule has 0 heterocycles. The van der Waals surface area contributed by atoms with Crippen LogP contribution in [0, 0.1) is 11.8 Å². The molecule has 1 rings (SSSR count). The van der Waals surface area contributed by atoms with Gasteiger partial charge in [-0.1, -0.05) is 52.2 Å². The molecule has 1 aromatic carbocycles. The Morgan fingerprint density at radius 3 is 2.26 bits per heavy atom. The SMILES string of the molecule is CCCCCCC(=O)N[C@H](C(=O)C[C@@H](CCCNC(N)=O)C(=O)Nc1ccc(CCl)cc1)C(C)C. The Bertz CT molecular complexity index is 814. The second kappa shape index (κ2) is 16.9. The third-order valence-electron chi connectivity index (χ3n) is 5.81. The first-order chi connectivity index (χ1) is 16.7. The molecular formula is C26H41ClN4O4. The van der Waals surface area contributed by atoms with Crippen LogP contribution in [0.1, 0.15) is 77.7 Å². The summed E-state index contributed by atoms with van der Waals surface area (Å²) in [7, 11) is 0. The number of urea groups is 1. The van der Waals surface area contributed by atoms with E-state index in [1.165, 1.54) is 0 Å². The predicted octanol–water partition coefficient (Wildman–Crippen LogP) is 4.50. The monoisotopic (exact) mass is 508 g/mol. The number of hydrogen-bond acceptors (Lipinski definition) is 4. The molecule has 0 unspecified atom stereocenters. The Hall–Kier alpha value is -2.61. The summed E-state index contributed by atoms with van der Waals surface area (Å²) in [6, 6.07) is 5.88. The first-order valence-corrected chi connectivity index (χ1v) is 13.0. The third kappa shape index (κ3) is 12.6. The van der Waals surface area contributed by atoms with E-state index >= 15 is 0 Å². The molecule has 1 aromatic rings. The van der Waals surface area contributed by atoms with Gasteiger partial charge in [0.1, 0.15) is 0 Å². The fourth-order valence-electron chi connectivity index (χ4n) is 3.75. The van der Waals surface area contributed by atoms with Gasteiger partial charge >= 0.3 is 6.03 Å². The fourth-order valence-corrected chi connectivity index (χ4v) is 3.93. The number of Topliss-reactive ketones (excluding diaryl/α,β-unsaturated/α-hetero) is 1. The number of amides is 4. The van der Waals surface area contributed by atoms with Crippen molar-refractivity contribution >= 4 is 40.9 Å². The molecule has 4 amide bonds. The van der Waals surface area contributed by atoms with Crippen LogP contribution in [0.4, 0.5) is 10.5 Å². The average molecular weight is 509 g/mol. The number of hydrogen-bond donors (Lipinski definition) is 4. The summed E-state index contributed by atoms with van der Waals surface area (Å²) in [4.78, 5) is 49.6. The van der Waals surface area contributed by atoms with Crippen molar-refractivity contribution in [1.82, 2.24) is 10.6 Å². The summed E-state index contributed by atoms with van der Waals surface area (Å²) >= 11 is 5.83. The highest BCUT2D eigenvalue weighted by atomic mass is 35.5. The number of nitrogens with one attached hydrogen (secondary N) is 3. The van der Waals surface area contributed by atoms with Crippen LogP contribution in [0.15, 0.2) is 24.3 Å². The van der Waals surface area contributed by atoms with Gasteiger partial charge in [0.25, 0.3) is 0 Å². The van der Waals surface area contributed by atoms with Crippen molar-refractivity contribution in [3.05, 3.63) is 29.8 Å². The van der Waals surface area contributed by atoms with Crippen molar-refractivity contribution < 1.29 is 19.2 Å². The third-order valence-corrected chi connectivity index (χ3v) is 6.12. The summed E-state index contributed by atoms with van der Waals surface area (Å²) in [5.74, 6) is -0.955. The van der Waals surface area contributed by atoms with Gasteiger partial charge in [-0.05, 0) is 42.9 Å². The van der Waals surface area contributed by atoms with Crippen LogP contribution < -0.4 is 21.7 Å². The first kappa shape index (κ1) is 30.4. The summed E-state index contributed by atoms with van der Waals surface area (Å²) < 4.78 is 0. The molecule has 0 saturated heterocycles. The predicted molar refractivity (Wildman–Crippen MR) is 140 cm³/mol. The highest BCUT2D eigenvalue weighted by Crippen LogP contribution is 2.19. The lowest BCUT2D eigenvalue weighted by Gasteiger charge is -2.24. The van der Waals surface area contributed by atoms with Gasteiger partial charge in [0.15, 0.2) is 5.78 Å². The van der Waals surface area contributed by atoms with Crippen LogP contribution in [-0.4, -0.2) is 36.2 Å². The van der Waals surface area contributed by atoms with Gasteiger partial charge in [0.05, 0.1) is 6.04 Å². The molecule has 2 atom stereocenters. The standard InChI is InChI=1S/C26H41ClN4O4/c1-4-5-6-7-10-23(33)31-24(18(2)3)22(32)16-20(9-8-15-29-26(28)35)25(34)30-21-13-11-19(17-27)12-14-21/h11-14,18,20,24H,4-10,15-17H2,1-3H3,(H,30,34)(H,31,33)(H3,28,29,35)/t20-,24+/m1/s1. The number of alkyl halides is 1.